The number of carbonyl (C=O) groups is 2. The Morgan fingerprint density at radius 1 is 1.26 bits per heavy atom. The summed E-state index contributed by atoms with van der Waals surface area (Å²) in [6.45, 7) is 6.86. The number of ether oxygens (including phenoxy) is 2. The molecule has 1 heterocycles. The molecule has 0 radical (unpaired) electrons. The number of aromatic nitrogens is 1. The zero-order valence-electron chi connectivity index (χ0n) is 16.3. The Labute approximate surface area is 159 Å². The van der Waals surface area contributed by atoms with Crippen LogP contribution in [0.25, 0.3) is 10.9 Å². The highest BCUT2D eigenvalue weighted by molar-refractivity contribution is 5.87. The second kappa shape index (κ2) is 8.46. The smallest absolute Gasteiger partial charge is 0.407 e. The molecule has 0 bridgehead atoms. The van der Waals surface area contributed by atoms with Gasteiger partial charge in [-0.1, -0.05) is 32.0 Å². The molecule has 146 valence electrons. The van der Waals surface area contributed by atoms with Crippen LogP contribution < -0.4 is 5.32 Å². The molecular formula is C21H28N2O4. The zero-order valence-corrected chi connectivity index (χ0v) is 16.3. The van der Waals surface area contributed by atoms with Crippen molar-refractivity contribution in [2.75, 3.05) is 13.2 Å². The van der Waals surface area contributed by atoms with Gasteiger partial charge in [0.1, 0.15) is 6.54 Å². The number of hydrogen-bond donors (Lipinski definition) is 1. The molecule has 3 rings (SSSR count). The second-order valence-corrected chi connectivity index (χ2v) is 7.41. The third kappa shape index (κ3) is 4.43. The van der Waals surface area contributed by atoms with Gasteiger partial charge in [-0.05, 0) is 43.7 Å². The molecule has 6 nitrogen and oxygen atoms in total. The molecule has 1 aliphatic carbocycles. The number of nitrogens with one attached hydrogen (secondary N) is 1. The van der Waals surface area contributed by atoms with E-state index in [1.807, 2.05) is 39.0 Å². The van der Waals surface area contributed by atoms with E-state index < -0.39 is 0 Å². The van der Waals surface area contributed by atoms with Crippen LogP contribution in [0.3, 0.4) is 0 Å². The van der Waals surface area contributed by atoms with Crippen LogP contribution in [-0.2, 0) is 33.7 Å². The van der Waals surface area contributed by atoms with E-state index in [0.29, 0.717) is 19.1 Å². The van der Waals surface area contributed by atoms with Crippen molar-refractivity contribution < 1.29 is 19.1 Å². The van der Waals surface area contributed by atoms with Crippen LogP contribution in [0.2, 0.25) is 0 Å². The summed E-state index contributed by atoms with van der Waals surface area (Å²) in [7, 11) is 0. The van der Waals surface area contributed by atoms with Gasteiger partial charge in [-0.25, -0.2) is 4.79 Å². The van der Waals surface area contributed by atoms with Crippen LogP contribution in [0.4, 0.5) is 4.79 Å². The van der Waals surface area contributed by atoms with Crippen molar-refractivity contribution in [1.82, 2.24) is 9.88 Å². The lowest BCUT2D eigenvalue weighted by atomic mass is 9.91. The van der Waals surface area contributed by atoms with Crippen molar-refractivity contribution in [2.45, 2.75) is 52.6 Å². The zero-order chi connectivity index (χ0) is 19.4. The molecule has 0 saturated carbocycles. The lowest BCUT2D eigenvalue weighted by Crippen LogP contribution is -2.39. The number of nitrogens with zero attached hydrogens (tertiary/aromatic N) is 1. The SMILES string of the molecule is CCOC(=O)Cn1c2c(c3ccccc31)C[C@@H](NC(=O)OCC(C)C)CC2. The van der Waals surface area contributed by atoms with Gasteiger partial charge in [0.05, 0.1) is 13.2 Å². The van der Waals surface area contributed by atoms with Crippen molar-refractivity contribution in [3.05, 3.63) is 35.5 Å². The molecular weight excluding hydrogens is 344 g/mol. The van der Waals surface area contributed by atoms with Crippen LogP contribution in [0, 0.1) is 5.92 Å². The standard InChI is InChI=1S/C21H28N2O4/c1-4-26-20(24)12-23-18-8-6-5-7-16(18)17-11-15(9-10-19(17)23)22-21(25)27-13-14(2)3/h5-8,14-15H,4,9-13H2,1-3H3,(H,22,25)/t15-/m0/s1. The first-order valence-electron chi connectivity index (χ1n) is 9.67. The van der Waals surface area contributed by atoms with Crippen LogP contribution in [0.15, 0.2) is 24.3 Å². The third-order valence-corrected chi connectivity index (χ3v) is 4.84. The van der Waals surface area contributed by atoms with E-state index in [2.05, 4.69) is 16.0 Å². The maximum absolute atomic E-state index is 12.1. The molecule has 1 N–H and O–H groups in total. The van der Waals surface area contributed by atoms with Gasteiger partial charge in [0.15, 0.2) is 0 Å². The summed E-state index contributed by atoms with van der Waals surface area (Å²) in [6, 6.07) is 8.14. The lowest BCUT2D eigenvalue weighted by Gasteiger charge is -2.25. The predicted octanol–water partition coefficient (Wildman–Crippen LogP) is 3.44. The van der Waals surface area contributed by atoms with Crippen LogP contribution in [0.1, 0.15) is 38.4 Å². The number of fused-ring (bicyclic) bond motifs is 3. The van der Waals surface area contributed by atoms with Gasteiger partial charge >= 0.3 is 12.1 Å². The minimum absolute atomic E-state index is 0.0408. The maximum atomic E-state index is 12.1. The first kappa shape index (κ1) is 19.3. The number of para-hydroxylation sites is 1. The number of alkyl carbamates (subject to hydrolysis) is 1. The minimum Gasteiger partial charge on any atom is -0.465 e. The Morgan fingerprint density at radius 2 is 2.04 bits per heavy atom. The monoisotopic (exact) mass is 372 g/mol. The van der Waals surface area contributed by atoms with E-state index in [1.54, 1.807) is 0 Å². The molecule has 0 spiro atoms. The van der Waals surface area contributed by atoms with Crippen molar-refractivity contribution in [3.8, 4) is 0 Å². The van der Waals surface area contributed by atoms with E-state index in [-0.39, 0.29) is 24.6 Å². The normalized spacial score (nSPS) is 16.2. The fourth-order valence-corrected chi connectivity index (χ4v) is 3.69. The van der Waals surface area contributed by atoms with Gasteiger partial charge in [0.2, 0.25) is 0 Å². The topological polar surface area (TPSA) is 69.6 Å². The Kier molecular flexibility index (Phi) is 6.04. The minimum atomic E-state index is -0.354. The third-order valence-electron chi connectivity index (χ3n) is 4.84. The van der Waals surface area contributed by atoms with E-state index >= 15 is 0 Å². The van der Waals surface area contributed by atoms with Gasteiger partial charge < -0.3 is 19.4 Å². The fraction of sp³-hybridized carbons (Fsp3) is 0.524. The molecule has 1 atom stereocenters. The molecule has 6 heteroatoms. The van der Waals surface area contributed by atoms with Gasteiger partial charge in [0, 0.05) is 22.6 Å². The number of amides is 1. The second-order valence-electron chi connectivity index (χ2n) is 7.41. The molecule has 1 aromatic carbocycles. The van der Waals surface area contributed by atoms with Crippen molar-refractivity contribution in [3.63, 3.8) is 0 Å². The highest BCUT2D eigenvalue weighted by Crippen LogP contribution is 2.32. The van der Waals surface area contributed by atoms with Crippen molar-refractivity contribution in [1.29, 1.82) is 0 Å². The summed E-state index contributed by atoms with van der Waals surface area (Å²) in [5.41, 5.74) is 3.41. The van der Waals surface area contributed by atoms with Crippen LogP contribution in [-0.4, -0.2) is 35.9 Å². The maximum Gasteiger partial charge on any atom is 0.407 e. The number of esters is 1. The molecule has 0 unspecified atom stereocenters. The summed E-state index contributed by atoms with van der Waals surface area (Å²) in [5, 5.41) is 4.13. The Balaban J connectivity index is 1.80. The number of rotatable bonds is 6. The summed E-state index contributed by atoms with van der Waals surface area (Å²) < 4.78 is 12.5. The van der Waals surface area contributed by atoms with Gasteiger partial charge in [-0.3, -0.25) is 4.79 Å². The van der Waals surface area contributed by atoms with Crippen molar-refractivity contribution in [2.24, 2.45) is 5.92 Å². The van der Waals surface area contributed by atoms with E-state index in [1.165, 1.54) is 5.56 Å². The molecule has 0 fully saturated rings. The molecule has 1 amide bonds. The molecule has 1 aliphatic rings. The average Bonchev–Trinajstić information content (AvgIpc) is 2.94. The van der Waals surface area contributed by atoms with E-state index in [0.717, 1.165) is 35.9 Å². The largest absolute Gasteiger partial charge is 0.465 e. The number of carbonyl (C=O) groups excluding carboxylic acids is 2. The average molecular weight is 372 g/mol. The highest BCUT2D eigenvalue weighted by Gasteiger charge is 2.27. The van der Waals surface area contributed by atoms with E-state index in [4.69, 9.17) is 9.47 Å². The first-order valence-corrected chi connectivity index (χ1v) is 9.67. The highest BCUT2D eigenvalue weighted by atomic mass is 16.5. The number of benzene rings is 1. The Hall–Kier alpha value is -2.50. The molecule has 0 saturated heterocycles. The van der Waals surface area contributed by atoms with E-state index in [9.17, 15) is 9.59 Å². The Morgan fingerprint density at radius 3 is 2.78 bits per heavy atom. The van der Waals surface area contributed by atoms with Gasteiger partial charge in [-0.15, -0.1) is 0 Å². The van der Waals surface area contributed by atoms with Gasteiger partial charge in [-0.2, -0.15) is 0 Å². The quantitative estimate of drug-likeness (QED) is 0.789. The molecule has 1 aromatic heterocycles. The summed E-state index contributed by atoms with van der Waals surface area (Å²) in [6.07, 6.45) is 2.01. The lowest BCUT2D eigenvalue weighted by molar-refractivity contribution is -0.143. The van der Waals surface area contributed by atoms with Crippen LogP contribution in [0.5, 0.6) is 0 Å². The Bertz CT molecular complexity index is 825. The fourth-order valence-electron chi connectivity index (χ4n) is 3.69. The van der Waals surface area contributed by atoms with Crippen LogP contribution >= 0.6 is 0 Å². The molecule has 0 aliphatic heterocycles. The summed E-state index contributed by atoms with van der Waals surface area (Å²) in [5.74, 6) is 0.0909. The predicted molar refractivity (Wildman–Crippen MR) is 104 cm³/mol. The first-order chi connectivity index (χ1) is 13.0. The molecule has 2 aromatic rings. The van der Waals surface area contributed by atoms with Gasteiger partial charge in [0.25, 0.3) is 0 Å². The van der Waals surface area contributed by atoms with Crippen molar-refractivity contribution >= 4 is 23.0 Å². The summed E-state index contributed by atoms with van der Waals surface area (Å²) >= 11 is 0. The molecule has 27 heavy (non-hydrogen) atoms. The number of hydrogen-bond acceptors (Lipinski definition) is 4. The summed E-state index contributed by atoms with van der Waals surface area (Å²) in [4.78, 5) is 24.1.